The molecule has 0 radical (unpaired) electrons. The second kappa shape index (κ2) is 7.60. The average Bonchev–Trinajstić information content (AvgIpc) is 2.47. The van der Waals surface area contributed by atoms with Crippen LogP contribution < -0.4 is 5.32 Å². The van der Waals surface area contributed by atoms with Crippen molar-refractivity contribution in [2.45, 2.75) is 51.2 Å². The zero-order valence-corrected chi connectivity index (χ0v) is 12.1. The number of aliphatic hydroxyl groups is 1. The smallest absolute Gasteiger partial charge is 0.146 e. The third-order valence-electron chi connectivity index (χ3n) is 3.73. The van der Waals surface area contributed by atoms with Crippen LogP contribution in [0.2, 0.25) is 0 Å². The molecule has 0 aromatic heterocycles. The van der Waals surface area contributed by atoms with Crippen LogP contribution in [-0.2, 0) is 4.74 Å². The molecule has 1 fully saturated rings. The molecule has 1 aromatic rings. The van der Waals surface area contributed by atoms with Crippen molar-refractivity contribution in [2.75, 3.05) is 18.5 Å². The van der Waals surface area contributed by atoms with Crippen LogP contribution in [0, 0.1) is 12.7 Å². The molecule has 4 heteroatoms. The molecule has 0 spiro atoms. The third-order valence-corrected chi connectivity index (χ3v) is 3.73. The number of rotatable bonds is 6. The molecule has 1 aliphatic carbocycles. The molecule has 3 nitrogen and oxygen atoms in total. The molecule has 0 amide bonds. The SMILES string of the molecule is Cc1ccc(F)c(NCC(O)COC2CCCCC2)c1. The van der Waals surface area contributed by atoms with Gasteiger partial charge in [-0.3, -0.25) is 0 Å². The predicted octanol–water partition coefficient (Wildman–Crippen LogP) is 3.26. The Kier molecular flexibility index (Phi) is 5.80. The maximum atomic E-state index is 13.5. The first-order valence-corrected chi connectivity index (χ1v) is 7.45. The molecule has 112 valence electrons. The Hall–Kier alpha value is -1.13. The number of ether oxygens (including phenoxy) is 1. The molecule has 0 saturated heterocycles. The summed E-state index contributed by atoms with van der Waals surface area (Å²) >= 11 is 0. The topological polar surface area (TPSA) is 41.5 Å². The summed E-state index contributed by atoms with van der Waals surface area (Å²) in [6, 6.07) is 4.90. The summed E-state index contributed by atoms with van der Waals surface area (Å²) in [5.41, 5.74) is 1.42. The molecule has 2 N–H and O–H groups in total. The van der Waals surface area contributed by atoms with E-state index in [1.54, 1.807) is 12.1 Å². The molecule has 0 heterocycles. The summed E-state index contributed by atoms with van der Waals surface area (Å²) in [6.45, 7) is 2.52. The van der Waals surface area contributed by atoms with E-state index in [9.17, 15) is 9.50 Å². The third kappa shape index (κ3) is 4.76. The van der Waals surface area contributed by atoms with Crippen LogP contribution in [0.25, 0.3) is 0 Å². The minimum atomic E-state index is -0.614. The fourth-order valence-electron chi connectivity index (χ4n) is 2.54. The summed E-state index contributed by atoms with van der Waals surface area (Å²) in [6.07, 6.45) is 5.57. The molecule has 1 aliphatic rings. The standard InChI is InChI=1S/C16H24FNO2/c1-12-7-8-15(17)16(9-12)18-10-13(19)11-20-14-5-3-2-4-6-14/h7-9,13-14,18-19H,2-6,10-11H2,1H3. The minimum absolute atomic E-state index is 0.286. The van der Waals surface area contributed by atoms with Gasteiger partial charge in [0, 0.05) is 6.54 Å². The van der Waals surface area contributed by atoms with E-state index >= 15 is 0 Å². The van der Waals surface area contributed by atoms with Gasteiger partial charge >= 0.3 is 0 Å². The highest BCUT2D eigenvalue weighted by Gasteiger charge is 2.15. The van der Waals surface area contributed by atoms with Gasteiger partial charge in [-0.1, -0.05) is 25.3 Å². The van der Waals surface area contributed by atoms with Crippen LogP contribution in [0.15, 0.2) is 18.2 Å². The fourth-order valence-corrected chi connectivity index (χ4v) is 2.54. The average molecular weight is 281 g/mol. The normalized spacial score (nSPS) is 17.9. The predicted molar refractivity (Wildman–Crippen MR) is 78.5 cm³/mol. The highest BCUT2D eigenvalue weighted by atomic mass is 19.1. The number of nitrogens with one attached hydrogen (secondary N) is 1. The van der Waals surface area contributed by atoms with Gasteiger partial charge in [-0.2, -0.15) is 0 Å². The number of halogens is 1. The van der Waals surface area contributed by atoms with Gasteiger partial charge in [0.1, 0.15) is 5.82 Å². The van der Waals surface area contributed by atoms with E-state index in [-0.39, 0.29) is 11.9 Å². The number of hydrogen-bond donors (Lipinski definition) is 2. The molecule has 20 heavy (non-hydrogen) atoms. The summed E-state index contributed by atoms with van der Waals surface area (Å²) in [5, 5.41) is 12.8. The molecule has 1 saturated carbocycles. The molecule has 0 bridgehead atoms. The van der Waals surface area contributed by atoms with Crippen molar-refractivity contribution < 1.29 is 14.2 Å². The van der Waals surface area contributed by atoms with Crippen LogP contribution in [0.4, 0.5) is 10.1 Å². The van der Waals surface area contributed by atoms with Crippen molar-refractivity contribution in [3.63, 3.8) is 0 Å². The van der Waals surface area contributed by atoms with Crippen LogP contribution in [0.3, 0.4) is 0 Å². The van der Waals surface area contributed by atoms with Crippen LogP contribution in [0.1, 0.15) is 37.7 Å². The lowest BCUT2D eigenvalue weighted by Crippen LogP contribution is -2.28. The molecule has 1 unspecified atom stereocenters. The van der Waals surface area contributed by atoms with Crippen molar-refractivity contribution in [1.82, 2.24) is 0 Å². The monoisotopic (exact) mass is 281 g/mol. The number of benzene rings is 1. The van der Waals surface area contributed by atoms with Gasteiger partial charge in [0.05, 0.1) is 24.5 Å². The van der Waals surface area contributed by atoms with Crippen molar-refractivity contribution in [1.29, 1.82) is 0 Å². The minimum Gasteiger partial charge on any atom is -0.389 e. The first-order valence-electron chi connectivity index (χ1n) is 7.45. The van der Waals surface area contributed by atoms with E-state index in [0.717, 1.165) is 18.4 Å². The summed E-state index contributed by atoms with van der Waals surface area (Å²) in [5.74, 6) is -0.295. The van der Waals surface area contributed by atoms with Crippen molar-refractivity contribution in [3.05, 3.63) is 29.6 Å². The lowest BCUT2D eigenvalue weighted by Gasteiger charge is -2.23. The zero-order valence-electron chi connectivity index (χ0n) is 12.1. The molecule has 1 atom stereocenters. The second-order valence-electron chi connectivity index (χ2n) is 5.61. The molecular formula is C16H24FNO2. The summed E-state index contributed by atoms with van der Waals surface area (Å²) in [4.78, 5) is 0. The lowest BCUT2D eigenvalue weighted by atomic mass is 9.98. The quantitative estimate of drug-likeness (QED) is 0.841. The highest BCUT2D eigenvalue weighted by molar-refractivity contribution is 5.47. The Morgan fingerprint density at radius 3 is 2.85 bits per heavy atom. The van der Waals surface area contributed by atoms with Gasteiger partial charge in [-0.15, -0.1) is 0 Å². The second-order valence-corrected chi connectivity index (χ2v) is 5.61. The van der Waals surface area contributed by atoms with Gasteiger partial charge in [0.25, 0.3) is 0 Å². The summed E-state index contributed by atoms with van der Waals surface area (Å²) < 4.78 is 19.2. The molecule has 0 aliphatic heterocycles. The van der Waals surface area contributed by atoms with E-state index in [0.29, 0.717) is 18.8 Å². The Labute approximate surface area is 120 Å². The number of aliphatic hydroxyl groups excluding tert-OH is 1. The number of anilines is 1. The van der Waals surface area contributed by atoms with E-state index in [2.05, 4.69) is 5.32 Å². The van der Waals surface area contributed by atoms with Crippen molar-refractivity contribution in [2.24, 2.45) is 0 Å². The first-order chi connectivity index (χ1) is 9.65. The maximum absolute atomic E-state index is 13.5. The van der Waals surface area contributed by atoms with E-state index in [1.165, 1.54) is 25.3 Å². The highest BCUT2D eigenvalue weighted by Crippen LogP contribution is 2.20. The van der Waals surface area contributed by atoms with Gasteiger partial charge < -0.3 is 15.2 Å². The maximum Gasteiger partial charge on any atom is 0.146 e. The Morgan fingerprint density at radius 2 is 2.10 bits per heavy atom. The Morgan fingerprint density at radius 1 is 1.35 bits per heavy atom. The molecular weight excluding hydrogens is 257 g/mol. The Balaban J connectivity index is 1.71. The van der Waals surface area contributed by atoms with Crippen molar-refractivity contribution in [3.8, 4) is 0 Å². The Bertz CT molecular complexity index is 419. The number of hydrogen-bond acceptors (Lipinski definition) is 3. The van der Waals surface area contributed by atoms with Crippen LogP contribution in [-0.4, -0.2) is 30.5 Å². The van der Waals surface area contributed by atoms with E-state index in [4.69, 9.17) is 4.74 Å². The molecule has 1 aromatic carbocycles. The van der Waals surface area contributed by atoms with Gasteiger partial charge in [-0.25, -0.2) is 4.39 Å². The molecule has 2 rings (SSSR count). The largest absolute Gasteiger partial charge is 0.389 e. The zero-order chi connectivity index (χ0) is 14.4. The fraction of sp³-hybridized carbons (Fsp3) is 0.625. The lowest BCUT2D eigenvalue weighted by molar-refractivity contribution is -0.0195. The first kappa shape index (κ1) is 15.3. The van der Waals surface area contributed by atoms with E-state index in [1.807, 2.05) is 6.92 Å². The van der Waals surface area contributed by atoms with Gasteiger partial charge in [-0.05, 0) is 37.5 Å². The van der Waals surface area contributed by atoms with Crippen LogP contribution in [0.5, 0.6) is 0 Å². The number of aryl methyl sites for hydroxylation is 1. The van der Waals surface area contributed by atoms with Gasteiger partial charge in [0.2, 0.25) is 0 Å². The van der Waals surface area contributed by atoms with Gasteiger partial charge in [0.15, 0.2) is 0 Å². The summed E-state index contributed by atoms with van der Waals surface area (Å²) in [7, 11) is 0. The van der Waals surface area contributed by atoms with Crippen LogP contribution >= 0.6 is 0 Å². The van der Waals surface area contributed by atoms with Crippen molar-refractivity contribution >= 4 is 5.69 Å². The van der Waals surface area contributed by atoms with E-state index < -0.39 is 6.10 Å².